The van der Waals surface area contributed by atoms with Crippen molar-refractivity contribution >= 4 is 69.4 Å². The summed E-state index contributed by atoms with van der Waals surface area (Å²) in [5, 5.41) is 14.1. The van der Waals surface area contributed by atoms with Gasteiger partial charge in [0.2, 0.25) is 5.91 Å². The Morgan fingerprint density at radius 2 is 1.86 bits per heavy atom. The van der Waals surface area contributed by atoms with Gasteiger partial charge in [-0.25, -0.2) is 0 Å². The molecule has 2 aromatic carbocycles. The van der Waals surface area contributed by atoms with E-state index in [1.54, 1.807) is 36.4 Å². The summed E-state index contributed by atoms with van der Waals surface area (Å²) in [6.45, 7) is -0.341. The Labute approximate surface area is 175 Å². The normalized spacial score (nSPS) is 15.2. The molecule has 142 valence electrons. The number of carboxylic acid groups (broad SMARTS) is 1. The number of carboxylic acids is 1. The van der Waals surface area contributed by atoms with Crippen LogP contribution >= 0.6 is 35.6 Å². The van der Waals surface area contributed by atoms with E-state index in [1.807, 2.05) is 0 Å². The van der Waals surface area contributed by atoms with Crippen LogP contribution < -0.4 is 10.4 Å². The van der Waals surface area contributed by atoms with Crippen LogP contribution in [0.4, 0.5) is 5.69 Å². The fourth-order valence-corrected chi connectivity index (χ4v) is 3.91. The maximum Gasteiger partial charge on any atom is 0.266 e. The maximum atomic E-state index is 12.6. The zero-order valence-electron chi connectivity index (χ0n) is 14.2. The SMILES string of the molecule is O=C(CN1C(=O)C(=Cc2ccccc2Cl)SC1=S)Nc1ccccc1C(=O)[O-]. The third kappa shape index (κ3) is 4.41. The van der Waals surface area contributed by atoms with Crippen molar-refractivity contribution in [2.24, 2.45) is 0 Å². The molecule has 6 nitrogen and oxygen atoms in total. The summed E-state index contributed by atoms with van der Waals surface area (Å²) >= 11 is 12.4. The molecule has 28 heavy (non-hydrogen) atoms. The minimum absolute atomic E-state index is 0.0875. The number of anilines is 1. The number of benzene rings is 2. The zero-order chi connectivity index (χ0) is 20.3. The van der Waals surface area contributed by atoms with Gasteiger partial charge in [-0.3, -0.25) is 14.5 Å². The number of carbonyl (C=O) groups excluding carboxylic acids is 3. The maximum absolute atomic E-state index is 12.6. The van der Waals surface area contributed by atoms with Crippen molar-refractivity contribution in [3.63, 3.8) is 0 Å². The Balaban J connectivity index is 1.74. The number of aromatic carboxylic acids is 1. The number of thioether (sulfide) groups is 1. The number of halogens is 1. The van der Waals surface area contributed by atoms with E-state index in [9.17, 15) is 19.5 Å². The first-order valence-electron chi connectivity index (χ1n) is 7.97. The van der Waals surface area contributed by atoms with Gasteiger partial charge < -0.3 is 15.2 Å². The summed E-state index contributed by atoms with van der Waals surface area (Å²) in [5.41, 5.74) is 0.599. The fourth-order valence-electron chi connectivity index (χ4n) is 2.47. The van der Waals surface area contributed by atoms with E-state index in [4.69, 9.17) is 23.8 Å². The van der Waals surface area contributed by atoms with Gasteiger partial charge in [-0.05, 0) is 23.8 Å². The molecule has 9 heteroatoms. The summed E-state index contributed by atoms with van der Waals surface area (Å²) in [6, 6.07) is 12.9. The van der Waals surface area contributed by atoms with Crippen molar-refractivity contribution < 1.29 is 19.5 Å². The van der Waals surface area contributed by atoms with Gasteiger partial charge in [0, 0.05) is 16.3 Å². The summed E-state index contributed by atoms with van der Waals surface area (Å²) in [7, 11) is 0. The summed E-state index contributed by atoms with van der Waals surface area (Å²) in [6.07, 6.45) is 1.62. The van der Waals surface area contributed by atoms with E-state index < -0.39 is 17.8 Å². The van der Waals surface area contributed by atoms with E-state index >= 15 is 0 Å². The van der Waals surface area contributed by atoms with Crippen LogP contribution in [0.2, 0.25) is 5.02 Å². The molecule has 0 atom stereocenters. The highest BCUT2D eigenvalue weighted by atomic mass is 35.5. The van der Waals surface area contributed by atoms with Crippen molar-refractivity contribution in [1.29, 1.82) is 0 Å². The van der Waals surface area contributed by atoms with Gasteiger partial charge in [0.15, 0.2) is 0 Å². The molecule has 0 aliphatic carbocycles. The van der Waals surface area contributed by atoms with Crippen LogP contribution in [0.25, 0.3) is 6.08 Å². The molecule has 2 aromatic rings. The minimum atomic E-state index is -1.41. The van der Waals surface area contributed by atoms with Gasteiger partial charge in [-0.1, -0.05) is 72.0 Å². The Bertz CT molecular complexity index is 1020. The van der Waals surface area contributed by atoms with Crippen LogP contribution in [0.5, 0.6) is 0 Å². The fraction of sp³-hybridized carbons (Fsp3) is 0.0526. The number of nitrogens with one attached hydrogen (secondary N) is 1. The highest BCUT2D eigenvalue weighted by Crippen LogP contribution is 2.33. The predicted octanol–water partition coefficient (Wildman–Crippen LogP) is 2.54. The number of rotatable bonds is 5. The molecule has 0 bridgehead atoms. The van der Waals surface area contributed by atoms with Crippen LogP contribution in [0.15, 0.2) is 53.4 Å². The Hall–Kier alpha value is -2.68. The summed E-state index contributed by atoms with van der Waals surface area (Å²) in [5.74, 6) is -2.41. The van der Waals surface area contributed by atoms with E-state index in [-0.39, 0.29) is 22.1 Å². The molecule has 1 aliphatic rings. The first kappa shape index (κ1) is 20.1. The highest BCUT2D eigenvalue weighted by Gasteiger charge is 2.33. The van der Waals surface area contributed by atoms with Crippen LogP contribution in [0.1, 0.15) is 15.9 Å². The number of hydrogen-bond donors (Lipinski definition) is 1. The predicted molar refractivity (Wildman–Crippen MR) is 111 cm³/mol. The molecule has 1 fully saturated rings. The second kappa shape index (κ2) is 8.55. The standard InChI is InChI=1S/C19H13ClN2O4S2/c20-13-7-3-1-5-11(13)9-15-17(24)22(19(27)28-15)10-16(23)21-14-8-4-2-6-12(14)18(25)26/h1-9H,10H2,(H,21,23)(H,25,26)/p-1. The van der Waals surface area contributed by atoms with Gasteiger partial charge in [-0.2, -0.15) is 0 Å². The number of carbonyl (C=O) groups is 3. The van der Waals surface area contributed by atoms with E-state index in [0.29, 0.717) is 15.5 Å². The summed E-state index contributed by atoms with van der Waals surface area (Å²) < 4.78 is 0.228. The quantitative estimate of drug-likeness (QED) is 0.578. The second-order valence-electron chi connectivity index (χ2n) is 5.67. The highest BCUT2D eigenvalue weighted by molar-refractivity contribution is 8.26. The average Bonchev–Trinajstić information content (AvgIpc) is 2.91. The monoisotopic (exact) mass is 431 g/mol. The first-order chi connectivity index (χ1) is 13.4. The molecule has 1 aliphatic heterocycles. The summed E-state index contributed by atoms with van der Waals surface area (Å²) in [4.78, 5) is 37.6. The van der Waals surface area contributed by atoms with Crippen molar-refractivity contribution in [3.05, 3.63) is 69.6 Å². The van der Waals surface area contributed by atoms with Crippen LogP contribution in [-0.4, -0.2) is 33.5 Å². The van der Waals surface area contributed by atoms with E-state index in [0.717, 1.165) is 16.7 Å². The van der Waals surface area contributed by atoms with Gasteiger partial charge in [-0.15, -0.1) is 0 Å². The molecule has 3 rings (SSSR count). The lowest BCUT2D eigenvalue weighted by Crippen LogP contribution is -2.36. The molecule has 1 N–H and O–H groups in total. The molecule has 0 aromatic heterocycles. The largest absolute Gasteiger partial charge is 0.545 e. The molecule has 0 radical (unpaired) electrons. The molecule has 0 spiro atoms. The number of nitrogens with zero attached hydrogens (tertiary/aromatic N) is 1. The molecule has 0 unspecified atom stereocenters. The molecular formula is C19H12ClN2O4S2-. The molecule has 1 saturated heterocycles. The number of hydrogen-bond acceptors (Lipinski definition) is 6. The number of para-hydroxylation sites is 1. The number of amides is 2. The Morgan fingerprint density at radius 3 is 2.57 bits per heavy atom. The smallest absolute Gasteiger partial charge is 0.266 e. The topological polar surface area (TPSA) is 89.5 Å². The Kier molecular flexibility index (Phi) is 6.13. The lowest BCUT2D eigenvalue weighted by Gasteiger charge is -2.16. The Morgan fingerprint density at radius 1 is 1.18 bits per heavy atom. The molecule has 0 saturated carbocycles. The third-order valence-electron chi connectivity index (χ3n) is 3.79. The van der Waals surface area contributed by atoms with E-state index in [1.165, 1.54) is 18.2 Å². The van der Waals surface area contributed by atoms with Crippen LogP contribution in [0.3, 0.4) is 0 Å². The van der Waals surface area contributed by atoms with Crippen molar-refractivity contribution in [1.82, 2.24) is 4.90 Å². The van der Waals surface area contributed by atoms with Gasteiger partial charge in [0.25, 0.3) is 5.91 Å². The molecular weight excluding hydrogens is 420 g/mol. The number of thiocarbonyl (C=S) groups is 1. The van der Waals surface area contributed by atoms with Gasteiger partial charge in [0.1, 0.15) is 10.9 Å². The average molecular weight is 432 g/mol. The lowest BCUT2D eigenvalue weighted by molar-refractivity contribution is -0.254. The van der Waals surface area contributed by atoms with Crippen molar-refractivity contribution in [2.45, 2.75) is 0 Å². The van der Waals surface area contributed by atoms with Gasteiger partial charge in [0.05, 0.1) is 10.9 Å². The van der Waals surface area contributed by atoms with Crippen molar-refractivity contribution in [2.75, 3.05) is 11.9 Å². The zero-order valence-corrected chi connectivity index (χ0v) is 16.6. The van der Waals surface area contributed by atoms with Crippen LogP contribution in [-0.2, 0) is 9.59 Å². The van der Waals surface area contributed by atoms with Crippen LogP contribution in [0, 0.1) is 0 Å². The van der Waals surface area contributed by atoms with Gasteiger partial charge >= 0.3 is 0 Å². The minimum Gasteiger partial charge on any atom is -0.545 e. The third-order valence-corrected chi connectivity index (χ3v) is 5.51. The second-order valence-corrected chi connectivity index (χ2v) is 7.75. The first-order valence-corrected chi connectivity index (χ1v) is 9.57. The molecule has 2 amide bonds. The van der Waals surface area contributed by atoms with E-state index in [2.05, 4.69) is 5.32 Å². The van der Waals surface area contributed by atoms with Crippen molar-refractivity contribution in [3.8, 4) is 0 Å². The molecule has 1 heterocycles. The lowest BCUT2D eigenvalue weighted by atomic mass is 10.2.